The van der Waals surface area contributed by atoms with Gasteiger partial charge in [0.05, 0.1) is 0 Å². The van der Waals surface area contributed by atoms with Crippen molar-refractivity contribution in [2.75, 3.05) is 0 Å². The lowest BCUT2D eigenvalue weighted by Crippen LogP contribution is -2.60. The number of nitrogens with zero attached hydrogens (tertiary/aromatic N) is 1. The molecular formula is C18H27N3. The van der Waals surface area contributed by atoms with Gasteiger partial charge in [-0.3, -0.25) is 16.3 Å². The van der Waals surface area contributed by atoms with Gasteiger partial charge < -0.3 is 0 Å². The molecule has 5 rings (SSSR count). The fourth-order valence-electron chi connectivity index (χ4n) is 6.41. The summed E-state index contributed by atoms with van der Waals surface area (Å²) in [4.78, 5) is 4.13. The van der Waals surface area contributed by atoms with Crippen LogP contribution in [-0.2, 0) is 6.42 Å². The molecule has 114 valence electrons. The second-order valence-electron chi connectivity index (χ2n) is 8.41. The topological polar surface area (TPSA) is 50.9 Å². The zero-order valence-corrected chi connectivity index (χ0v) is 13.0. The van der Waals surface area contributed by atoms with Gasteiger partial charge in [0.25, 0.3) is 0 Å². The van der Waals surface area contributed by atoms with E-state index < -0.39 is 0 Å². The second kappa shape index (κ2) is 4.79. The van der Waals surface area contributed by atoms with Crippen LogP contribution in [0.4, 0.5) is 0 Å². The molecule has 3 unspecified atom stereocenters. The van der Waals surface area contributed by atoms with Crippen LogP contribution in [0.15, 0.2) is 24.5 Å². The summed E-state index contributed by atoms with van der Waals surface area (Å²) < 4.78 is 0. The Bertz CT molecular complexity index is 498. The molecule has 21 heavy (non-hydrogen) atoms. The standard InChI is InChI=1S/C18H27N3/c1-17-8-14-6-15(9-17)11-18(10-14,12-17)16(21-19)7-13-2-4-20-5-3-13/h2-5,14-16,21H,6-12,19H2,1H3. The highest BCUT2D eigenvalue weighted by atomic mass is 15.2. The van der Waals surface area contributed by atoms with E-state index in [1.807, 2.05) is 12.4 Å². The molecule has 0 aliphatic heterocycles. The van der Waals surface area contributed by atoms with E-state index in [0.717, 1.165) is 18.3 Å². The summed E-state index contributed by atoms with van der Waals surface area (Å²) in [6.45, 7) is 2.53. The molecule has 0 aromatic carbocycles. The molecule has 1 aromatic rings. The lowest BCUT2D eigenvalue weighted by Gasteiger charge is -2.63. The summed E-state index contributed by atoms with van der Waals surface area (Å²) in [7, 11) is 0. The summed E-state index contributed by atoms with van der Waals surface area (Å²) in [6.07, 6.45) is 13.4. The van der Waals surface area contributed by atoms with Crippen LogP contribution < -0.4 is 11.3 Å². The van der Waals surface area contributed by atoms with Gasteiger partial charge in [0.15, 0.2) is 0 Å². The highest BCUT2D eigenvalue weighted by Crippen LogP contribution is 2.66. The fourth-order valence-corrected chi connectivity index (χ4v) is 6.41. The zero-order valence-electron chi connectivity index (χ0n) is 13.0. The zero-order chi connectivity index (χ0) is 14.5. The molecule has 0 radical (unpaired) electrons. The maximum atomic E-state index is 6.02. The average molecular weight is 285 g/mol. The van der Waals surface area contributed by atoms with Crippen molar-refractivity contribution in [1.29, 1.82) is 0 Å². The summed E-state index contributed by atoms with van der Waals surface area (Å²) >= 11 is 0. The molecule has 4 aliphatic rings. The van der Waals surface area contributed by atoms with Gasteiger partial charge in [-0.05, 0) is 85.3 Å². The van der Waals surface area contributed by atoms with Gasteiger partial charge in [0, 0.05) is 18.4 Å². The number of hydrogen-bond donors (Lipinski definition) is 2. The van der Waals surface area contributed by atoms with E-state index in [-0.39, 0.29) is 0 Å². The van der Waals surface area contributed by atoms with Gasteiger partial charge in [0.2, 0.25) is 0 Å². The Morgan fingerprint density at radius 1 is 1.24 bits per heavy atom. The van der Waals surface area contributed by atoms with Crippen molar-refractivity contribution in [2.45, 2.75) is 57.9 Å². The molecule has 1 aromatic heterocycles. The summed E-state index contributed by atoms with van der Waals surface area (Å²) in [5.41, 5.74) is 5.57. The minimum Gasteiger partial charge on any atom is -0.271 e. The van der Waals surface area contributed by atoms with E-state index in [9.17, 15) is 0 Å². The van der Waals surface area contributed by atoms with Gasteiger partial charge in [-0.2, -0.15) is 0 Å². The van der Waals surface area contributed by atoms with Crippen molar-refractivity contribution in [3.8, 4) is 0 Å². The van der Waals surface area contributed by atoms with Crippen LogP contribution in [0.25, 0.3) is 0 Å². The molecule has 4 saturated carbocycles. The van der Waals surface area contributed by atoms with Crippen molar-refractivity contribution in [1.82, 2.24) is 10.4 Å². The van der Waals surface area contributed by atoms with Crippen LogP contribution in [-0.4, -0.2) is 11.0 Å². The fraction of sp³-hybridized carbons (Fsp3) is 0.722. The Morgan fingerprint density at radius 2 is 1.90 bits per heavy atom. The van der Waals surface area contributed by atoms with Crippen molar-refractivity contribution in [2.24, 2.45) is 28.5 Å². The van der Waals surface area contributed by atoms with Gasteiger partial charge in [0.1, 0.15) is 0 Å². The molecule has 3 atom stereocenters. The van der Waals surface area contributed by atoms with Crippen LogP contribution in [0.1, 0.15) is 51.0 Å². The largest absolute Gasteiger partial charge is 0.271 e. The Labute approximate surface area is 127 Å². The first-order valence-electron chi connectivity index (χ1n) is 8.46. The van der Waals surface area contributed by atoms with E-state index in [0.29, 0.717) is 16.9 Å². The summed E-state index contributed by atoms with van der Waals surface area (Å²) in [5, 5.41) is 0. The Balaban J connectivity index is 1.61. The summed E-state index contributed by atoms with van der Waals surface area (Å²) in [6, 6.07) is 4.67. The molecule has 3 N–H and O–H groups in total. The minimum atomic E-state index is 0.408. The van der Waals surface area contributed by atoms with Gasteiger partial charge >= 0.3 is 0 Å². The molecular weight excluding hydrogens is 258 g/mol. The van der Waals surface area contributed by atoms with Crippen molar-refractivity contribution in [3.63, 3.8) is 0 Å². The van der Waals surface area contributed by atoms with Crippen LogP contribution in [0, 0.1) is 22.7 Å². The third-order valence-corrected chi connectivity index (χ3v) is 6.53. The van der Waals surface area contributed by atoms with Crippen LogP contribution in [0.3, 0.4) is 0 Å². The number of nitrogens with two attached hydrogens (primary N) is 1. The van der Waals surface area contributed by atoms with E-state index >= 15 is 0 Å². The number of pyridine rings is 1. The summed E-state index contributed by atoms with van der Waals surface area (Å²) in [5.74, 6) is 7.92. The number of hydrazine groups is 1. The van der Waals surface area contributed by atoms with E-state index in [4.69, 9.17) is 5.84 Å². The second-order valence-corrected chi connectivity index (χ2v) is 8.41. The smallest absolute Gasteiger partial charge is 0.0307 e. The Morgan fingerprint density at radius 3 is 2.48 bits per heavy atom. The van der Waals surface area contributed by atoms with Crippen LogP contribution in [0.2, 0.25) is 0 Å². The van der Waals surface area contributed by atoms with Crippen molar-refractivity contribution < 1.29 is 0 Å². The third kappa shape index (κ3) is 2.31. The maximum absolute atomic E-state index is 6.02. The Kier molecular flexibility index (Phi) is 3.13. The first-order chi connectivity index (χ1) is 10.1. The quantitative estimate of drug-likeness (QED) is 0.660. The molecule has 4 bridgehead atoms. The highest BCUT2D eigenvalue weighted by Gasteiger charge is 2.58. The molecule has 4 fully saturated rings. The minimum absolute atomic E-state index is 0.408. The van der Waals surface area contributed by atoms with Gasteiger partial charge in [-0.1, -0.05) is 6.92 Å². The number of rotatable bonds is 4. The van der Waals surface area contributed by atoms with Crippen molar-refractivity contribution >= 4 is 0 Å². The lowest BCUT2D eigenvalue weighted by molar-refractivity contribution is -0.118. The van der Waals surface area contributed by atoms with Gasteiger partial charge in [-0.25, -0.2) is 0 Å². The van der Waals surface area contributed by atoms with Gasteiger partial charge in [-0.15, -0.1) is 0 Å². The van der Waals surface area contributed by atoms with E-state index in [2.05, 4.69) is 29.5 Å². The molecule has 1 heterocycles. The SMILES string of the molecule is CC12CC3CC(C1)CC(C(Cc1ccncc1)NN)(C3)C2. The first kappa shape index (κ1) is 13.7. The van der Waals surface area contributed by atoms with Crippen molar-refractivity contribution in [3.05, 3.63) is 30.1 Å². The molecule has 3 nitrogen and oxygen atoms in total. The third-order valence-electron chi connectivity index (χ3n) is 6.53. The van der Waals surface area contributed by atoms with E-state index in [1.165, 1.54) is 44.1 Å². The average Bonchev–Trinajstić information content (AvgIpc) is 2.43. The molecule has 4 aliphatic carbocycles. The normalized spacial score (nSPS) is 42.2. The predicted octanol–water partition coefficient (Wildman–Crippen LogP) is 3.06. The lowest BCUT2D eigenvalue weighted by atomic mass is 9.43. The Hall–Kier alpha value is -0.930. The van der Waals surface area contributed by atoms with Crippen LogP contribution in [0.5, 0.6) is 0 Å². The number of nitrogens with one attached hydrogen (secondary N) is 1. The molecule has 3 heteroatoms. The van der Waals surface area contributed by atoms with E-state index in [1.54, 1.807) is 0 Å². The number of hydrogen-bond acceptors (Lipinski definition) is 3. The first-order valence-corrected chi connectivity index (χ1v) is 8.46. The molecule has 0 spiro atoms. The molecule has 0 saturated heterocycles. The predicted molar refractivity (Wildman–Crippen MR) is 84.3 cm³/mol. The molecule has 0 amide bonds. The maximum Gasteiger partial charge on any atom is 0.0307 e. The number of aromatic nitrogens is 1. The highest BCUT2D eigenvalue weighted by molar-refractivity contribution is 5.16. The monoisotopic (exact) mass is 285 g/mol. The van der Waals surface area contributed by atoms with Crippen LogP contribution >= 0.6 is 0 Å².